The monoisotopic (exact) mass is 452 g/mol. The van der Waals surface area contributed by atoms with Crippen molar-refractivity contribution in [3.8, 4) is 0 Å². The highest BCUT2D eigenvalue weighted by Gasteiger charge is 2.61. The van der Waals surface area contributed by atoms with Gasteiger partial charge in [-0.15, -0.1) is 0 Å². The first-order chi connectivity index (χ1) is 13.2. The Morgan fingerprint density at radius 1 is 1.07 bits per heavy atom. The molecule has 1 N–H and O–H groups in total. The molecular formula is C24H37BrO3. The number of halogens is 1. The minimum Gasteiger partial charge on any atom is -0.481 e. The third kappa shape index (κ3) is 3.11. The van der Waals surface area contributed by atoms with E-state index in [1.165, 1.54) is 38.5 Å². The first kappa shape index (κ1) is 20.9. The highest BCUT2D eigenvalue weighted by molar-refractivity contribution is 9.10. The second-order valence-electron chi connectivity index (χ2n) is 11.1. The SMILES string of the molecule is C[C@@H](CCC(=O)O)[C@@H]1CC[C@H]2[C@H]3CC[C@H]4[C@@H](Br)C(=O)CC[C@]4(C)[C@@H]3CC[C@@]21C. The zero-order valence-electron chi connectivity index (χ0n) is 17.8. The van der Waals surface area contributed by atoms with Crippen LogP contribution < -0.4 is 0 Å². The topological polar surface area (TPSA) is 54.4 Å². The van der Waals surface area contributed by atoms with E-state index in [1.54, 1.807) is 0 Å². The molecule has 0 amide bonds. The van der Waals surface area contributed by atoms with Crippen molar-refractivity contribution < 1.29 is 14.7 Å². The molecule has 0 aromatic heterocycles. The van der Waals surface area contributed by atoms with Crippen LogP contribution in [-0.4, -0.2) is 21.7 Å². The largest absolute Gasteiger partial charge is 0.481 e. The maximum atomic E-state index is 12.3. The molecule has 4 rings (SSSR count). The Hall–Kier alpha value is -0.380. The van der Waals surface area contributed by atoms with Crippen molar-refractivity contribution in [3.63, 3.8) is 0 Å². The number of carboxylic acids is 1. The number of alkyl halides is 1. The summed E-state index contributed by atoms with van der Waals surface area (Å²) >= 11 is 3.77. The van der Waals surface area contributed by atoms with Crippen LogP contribution in [0, 0.1) is 46.3 Å². The Balaban J connectivity index is 1.53. The van der Waals surface area contributed by atoms with Gasteiger partial charge < -0.3 is 5.11 Å². The Kier molecular flexibility index (Phi) is 5.51. The minimum absolute atomic E-state index is 0.0767. The molecule has 4 saturated carbocycles. The van der Waals surface area contributed by atoms with Gasteiger partial charge in [-0.2, -0.15) is 0 Å². The molecule has 4 aliphatic carbocycles. The number of hydrogen-bond donors (Lipinski definition) is 1. The van der Waals surface area contributed by atoms with Crippen LogP contribution in [0.25, 0.3) is 0 Å². The van der Waals surface area contributed by atoms with Gasteiger partial charge in [0.1, 0.15) is 5.78 Å². The Bertz CT molecular complexity index is 648. The van der Waals surface area contributed by atoms with Crippen molar-refractivity contribution in [2.75, 3.05) is 0 Å². The molecule has 0 heterocycles. The van der Waals surface area contributed by atoms with Crippen molar-refractivity contribution in [2.45, 2.75) is 89.8 Å². The number of aliphatic carboxylic acids is 1. The lowest BCUT2D eigenvalue weighted by Crippen LogP contribution is -2.56. The fourth-order valence-corrected chi connectivity index (χ4v) is 9.72. The van der Waals surface area contributed by atoms with E-state index < -0.39 is 5.97 Å². The summed E-state index contributed by atoms with van der Waals surface area (Å²) in [5.74, 6) is 3.86. The van der Waals surface area contributed by atoms with Gasteiger partial charge in [-0.05, 0) is 97.7 Å². The van der Waals surface area contributed by atoms with E-state index >= 15 is 0 Å². The predicted molar refractivity (Wildman–Crippen MR) is 114 cm³/mol. The van der Waals surface area contributed by atoms with E-state index in [0.29, 0.717) is 40.8 Å². The lowest BCUT2D eigenvalue weighted by molar-refractivity contribution is -0.139. The van der Waals surface area contributed by atoms with Gasteiger partial charge in [0, 0.05) is 12.8 Å². The zero-order chi connectivity index (χ0) is 20.3. The van der Waals surface area contributed by atoms with Crippen LogP contribution in [0.4, 0.5) is 0 Å². The van der Waals surface area contributed by atoms with Crippen molar-refractivity contribution in [1.82, 2.24) is 0 Å². The van der Waals surface area contributed by atoms with Crippen LogP contribution in [0.3, 0.4) is 0 Å². The minimum atomic E-state index is -0.655. The van der Waals surface area contributed by atoms with E-state index in [9.17, 15) is 9.59 Å². The molecule has 4 fully saturated rings. The lowest BCUT2D eigenvalue weighted by atomic mass is 9.44. The first-order valence-electron chi connectivity index (χ1n) is 11.6. The molecule has 0 aliphatic heterocycles. The number of carboxylic acid groups (broad SMARTS) is 1. The molecule has 4 aliphatic rings. The third-order valence-electron chi connectivity index (χ3n) is 10.1. The second kappa shape index (κ2) is 7.39. The van der Waals surface area contributed by atoms with Crippen LogP contribution in [0.1, 0.15) is 85.0 Å². The van der Waals surface area contributed by atoms with E-state index in [-0.39, 0.29) is 4.83 Å². The molecule has 0 radical (unpaired) electrons. The van der Waals surface area contributed by atoms with E-state index in [4.69, 9.17) is 5.11 Å². The van der Waals surface area contributed by atoms with Gasteiger partial charge >= 0.3 is 5.97 Å². The first-order valence-corrected chi connectivity index (χ1v) is 12.5. The summed E-state index contributed by atoms with van der Waals surface area (Å²) in [5.41, 5.74) is 0.708. The van der Waals surface area contributed by atoms with Crippen LogP contribution in [0.2, 0.25) is 0 Å². The number of carbonyl (C=O) groups excluding carboxylic acids is 1. The number of hydrogen-bond acceptors (Lipinski definition) is 2. The van der Waals surface area contributed by atoms with E-state index in [2.05, 4.69) is 36.7 Å². The van der Waals surface area contributed by atoms with Crippen LogP contribution in [0.15, 0.2) is 0 Å². The summed E-state index contributed by atoms with van der Waals surface area (Å²) in [7, 11) is 0. The Labute approximate surface area is 178 Å². The van der Waals surface area contributed by atoms with Crippen LogP contribution >= 0.6 is 15.9 Å². The average Bonchev–Trinajstić information content (AvgIpc) is 3.00. The van der Waals surface area contributed by atoms with Gasteiger partial charge in [0.2, 0.25) is 0 Å². The zero-order valence-corrected chi connectivity index (χ0v) is 19.3. The molecule has 0 saturated heterocycles. The maximum Gasteiger partial charge on any atom is 0.303 e. The summed E-state index contributed by atoms with van der Waals surface area (Å²) in [4.78, 5) is 23.5. The molecule has 158 valence electrons. The van der Waals surface area contributed by atoms with Gasteiger partial charge in [0.05, 0.1) is 4.83 Å². The van der Waals surface area contributed by atoms with Crippen molar-refractivity contribution in [3.05, 3.63) is 0 Å². The average molecular weight is 453 g/mol. The number of ketones is 1. The second-order valence-corrected chi connectivity index (χ2v) is 12.1. The summed E-state index contributed by atoms with van der Waals surface area (Å²) in [6.45, 7) is 7.34. The molecular weight excluding hydrogens is 416 g/mol. The van der Waals surface area contributed by atoms with Gasteiger partial charge in [-0.1, -0.05) is 36.7 Å². The number of Topliss-reactive ketones (excluding diaryl/α,β-unsaturated/α-hetero) is 1. The molecule has 4 heteroatoms. The van der Waals surface area contributed by atoms with Gasteiger partial charge in [0.15, 0.2) is 0 Å². The molecule has 28 heavy (non-hydrogen) atoms. The fraction of sp³-hybridized carbons (Fsp3) is 0.917. The highest BCUT2D eigenvalue weighted by Crippen LogP contribution is 2.68. The molecule has 3 nitrogen and oxygen atoms in total. The lowest BCUT2D eigenvalue weighted by Gasteiger charge is -2.61. The van der Waals surface area contributed by atoms with Crippen molar-refractivity contribution >= 4 is 27.7 Å². The number of fused-ring (bicyclic) bond motifs is 5. The Morgan fingerprint density at radius 3 is 2.46 bits per heavy atom. The van der Waals surface area contributed by atoms with Crippen molar-refractivity contribution in [2.24, 2.45) is 46.3 Å². The normalized spacial score (nSPS) is 49.1. The third-order valence-corrected chi connectivity index (χ3v) is 11.2. The summed E-state index contributed by atoms with van der Waals surface area (Å²) in [5, 5.41) is 9.11. The molecule has 0 aromatic carbocycles. The number of carbonyl (C=O) groups is 2. The number of rotatable bonds is 4. The summed E-state index contributed by atoms with van der Waals surface area (Å²) in [6, 6.07) is 0. The maximum absolute atomic E-state index is 12.3. The molecule has 0 spiro atoms. The predicted octanol–water partition coefficient (Wildman–Crippen LogP) is 6.09. The van der Waals surface area contributed by atoms with E-state index in [1.807, 2.05) is 0 Å². The summed E-state index contributed by atoms with van der Waals surface area (Å²) in [6.07, 6.45) is 10.7. The Morgan fingerprint density at radius 2 is 1.75 bits per heavy atom. The van der Waals surface area contributed by atoms with Crippen LogP contribution in [0.5, 0.6) is 0 Å². The molecule has 0 bridgehead atoms. The fourth-order valence-electron chi connectivity index (χ4n) is 8.62. The molecule has 0 aromatic rings. The molecule has 9 atom stereocenters. The van der Waals surface area contributed by atoms with Crippen molar-refractivity contribution in [1.29, 1.82) is 0 Å². The quantitative estimate of drug-likeness (QED) is 0.524. The highest BCUT2D eigenvalue weighted by atomic mass is 79.9. The van der Waals surface area contributed by atoms with Gasteiger partial charge in [-0.25, -0.2) is 0 Å². The van der Waals surface area contributed by atoms with Gasteiger partial charge in [-0.3, -0.25) is 9.59 Å². The smallest absolute Gasteiger partial charge is 0.303 e. The summed E-state index contributed by atoms with van der Waals surface area (Å²) < 4.78 is 0. The van der Waals surface area contributed by atoms with Gasteiger partial charge in [0.25, 0.3) is 0 Å². The van der Waals surface area contributed by atoms with E-state index in [0.717, 1.165) is 37.0 Å². The molecule has 0 unspecified atom stereocenters. The standard InChI is InChI=1S/C24H37BrO3/c1-14(4-9-21(27)28)16-7-8-17-15-5-6-19-22(25)20(26)11-13-24(19,3)18(15)10-12-23(16,17)2/h14-19,22H,4-13H2,1-3H3,(H,27,28)/t14-,15+,16-,17-,18+,19-,22+,23+,24+/m0/s1. The van der Waals surface area contributed by atoms with Crippen LogP contribution in [-0.2, 0) is 9.59 Å².